The highest BCUT2D eigenvalue weighted by molar-refractivity contribution is 7.10. The summed E-state index contributed by atoms with van der Waals surface area (Å²) in [5.41, 5.74) is 0. The minimum Gasteiger partial charge on any atom is -0.333 e. The first-order valence-corrected chi connectivity index (χ1v) is 6.67. The Morgan fingerprint density at radius 2 is 2.50 bits per heavy atom. The highest BCUT2D eigenvalue weighted by atomic mass is 32.1. The zero-order chi connectivity index (χ0) is 11.5. The number of rotatable bonds is 4. The molecule has 1 aliphatic heterocycles. The van der Waals surface area contributed by atoms with Crippen molar-refractivity contribution in [1.82, 2.24) is 10.2 Å². The summed E-state index contributed by atoms with van der Waals surface area (Å²) in [5, 5.41) is 5.16. The van der Waals surface area contributed by atoms with E-state index in [1.165, 1.54) is 4.88 Å². The summed E-state index contributed by atoms with van der Waals surface area (Å²) in [6, 6.07) is 4.47. The third kappa shape index (κ3) is 1.99. The molecule has 1 saturated heterocycles. The Morgan fingerprint density at radius 1 is 1.69 bits per heavy atom. The van der Waals surface area contributed by atoms with Crippen LogP contribution in [0, 0.1) is 0 Å². The molecule has 0 bridgehead atoms. The number of likely N-dealkylation sites (N-methyl/N-ethyl adjacent to an activating group) is 1. The summed E-state index contributed by atoms with van der Waals surface area (Å²) >= 11 is 1.74. The van der Waals surface area contributed by atoms with Gasteiger partial charge in [0.1, 0.15) is 0 Å². The molecule has 1 fully saturated rings. The Bertz CT molecular complexity index is 350. The van der Waals surface area contributed by atoms with E-state index in [0.29, 0.717) is 0 Å². The molecule has 16 heavy (non-hydrogen) atoms. The van der Waals surface area contributed by atoms with Gasteiger partial charge in [-0.25, -0.2) is 0 Å². The standard InChI is InChI=1S/C12H18N2OS/c1-3-10(11-5-4-8-16-11)14-7-6-9(13-2)12(14)15/h4-5,8-10,13H,3,6-7H2,1-2H3. The van der Waals surface area contributed by atoms with Gasteiger partial charge < -0.3 is 10.2 Å². The average molecular weight is 238 g/mol. The third-order valence-electron chi connectivity index (χ3n) is 3.22. The Morgan fingerprint density at radius 3 is 3.00 bits per heavy atom. The number of nitrogens with zero attached hydrogens (tertiary/aromatic N) is 1. The van der Waals surface area contributed by atoms with Crippen LogP contribution in [0.25, 0.3) is 0 Å². The van der Waals surface area contributed by atoms with E-state index in [0.717, 1.165) is 19.4 Å². The lowest BCUT2D eigenvalue weighted by atomic mass is 10.1. The first-order valence-electron chi connectivity index (χ1n) is 5.79. The quantitative estimate of drug-likeness (QED) is 0.870. The van der Waals surface area contributed by atoms with E-state index in [2.05, 4.69) is 29.8 Å². The van der Waals surface area contributed by atoms with Crippen LogP contribution in [0.1, 0.15) is 30.7 Å². The summed E-state index contributed by atoms with van der Waals surface area (Å²) in [7, 11) is 1.86. The second-order valence-electron chi connectivity index (χ2n) is 4.10. The maximum Gasteiger partial charge on any atom is 0.240 e. The van der Waals surface area contributed by atoms with Crippen molar-refractivity contribution in [3.05, 3.63) is 22.4 Å². The molecular weight excluding hydrogens is 220 g/mol. The van der Waals surface area contributed by atoms with Crippen molar-refractivity contribution < 1.29 is 4.79 Å². The monoisotopic (exact) mass is 238 g/mol. The number of likely N-dealkylation sites (tertiary alicyclic amines) is 1. The lowest BCUT2D eigenvalue weighted by Crippen LogP contribution is -2.37. The van der Waals surface area contributed by atoms with E-state index >= 15 is 0 Å². The summed E-state index contributed by atoms with van der Waals surface area (Å²) in [6.45, 7) is 3.02. The van der Waals surface area contributed by atoms with Crippen LogP contribution in [-0.4, -0.2) is 30.4 Å². The fourth-order valence-electron chi connectivity index (χ4n) is 2.34. The first-order chi connectivity index (χ1) is 7.77. The van der Waals surface area contributed by atoms with Gasteiger partial charge in [-0.05, 0) is 31.3 Å². The molecule has 0 saturated carbocycles. The number of thiophene rings is 1. The van der Waals surface area contributed by atoms with Crippen LogP contribution in [0.4, 0.5) is 0 Å². The van der Waals surface area contributed by atoms with E-state index in [1.54, 1.807) is 11.3 Å². The number of amides is 1. The van der Waals surface area contributed by atoms with Crippen LogP contribution in [0.3, 0.4) is 0 Å². The maximum absolute atomic E-state index is 12.1. The molecule has 1 aromatic heterocycles. The second kappa shape index (κ2) is 4.97. The Balaban J connectivity index is 2.15. The summed E-state index contributed by atoms with van der Waals surface area (Å²) in [5.74, 6) is 0.253. The predicted octanol–water partition coefficient (Wildman–Crippen LogP) is 2.02. The van der Waals surface area contributed by atoms with Gasteiger partial charge in [-0.1, -0.05) is 13.0 Å². The van der Waals surface area contributed by atoms with Crippen molar-refractivity contribution >= 4 is 17.2 Å². The van der Waals surface area contributed by atoms with Crippen molar-refractivity contribution in [2.24, 2.45) is 0 Å². The maximum atomic E-state index is 12.1. The van der Waals surface area contributed by atoms with Crippen LogP contribution >= 0.6 is 11.3 Å². The van der Waals surface area contributed by atoms with E-state index in [4.69, 9.17) is 0 Å². The van der Waals surface area contributed by atoms with E-state index in [9.17, 15) is 4.79 Å². The minimum absolute atomic E-state index is 0.0222. The molecular formula is C12H18N2OS. The SMILES string of the molecule is CCC(c1cccs1)N1CCC(NC)C1=O. The number of carbonyl (C=O) groups is 1. The lowest BCUT2D eigenvalue weighted by Gasteiger charge is -2.26. The molecule has 4 heteroatoms. The largest absolute Gasteiger partial charge is 0.333 e. The minimum atomic E-state index is 0.0222. The number of hydrogen-bond acceptors (Lipinski definition) is 3. The van der Waals surface area contributed by atoms with Crippen molar-refractivity contribution in [2.75, 3.05) is 13.6 Å². The van der Waals surface area contributed by atoms with Gasteiger partial charge >= 0.3 is 0 Å². The van der Waals surface area contributed by atoms with E-state index in [-0.39, 0.29) is 18.0 Å². The molecule has 0 aromatic carbocycles. The number of hydrogen-bond donors (Lipinski definition) is 1. The van der Waals surface area contributed by atoms with Crippen molar-refractivity contribution in [3.8, 4) is 0 Å². The Labute approximate surface area is 100 Å². The van der Waals surface area contributed by atoms with Gasteiger partial charge in [-0.2, -0.15) is 0 Å². The van der Waals surface area contributed by atoms with Gasteiger partial charge in [0.15, 0.2) is 0 Å². The van der Waals surface area contributed by atoms with Gasteiger partial charge in [0.2, 0.25) is 5.91 Å². The van der Waals surface area contributed by atoms with Gasteiger partial charge in [-0.3, -0.25) is 4.79 Å². The van der Waals surface area contributed by atoms with Gasteiger partial charge in [0.25, 0.3) is 0 Å². The van der Waals surface area contributed by atoms with Gasteiger partial charge in [-0.15, -0.1) is 11.3 Å². The van der Waals surface area contributed by atoms with Crippen LogP contribution in [-0.2, 0) is 4.79 Å². The summed E-state index contributed by atoms with van der Waals surface area (Å²) in [4.78, 5) is 15.4. The van der Waals surface area contributed by atoms with Gasteiger partial charge in [0.05, 0.1) is 12.1 Å². The molecule has 2 heterocycles. The summed E-state index contributed by atoms with van der Waals surface area (Å²) in [6.07, 6.45) is 1.92. The van der Waals surface area contributed by atoms with Crippen LogP contribution in [0.2, 0.25) is 0 Å². The van der Waals surface area contributed by atoms with E-state index in [1.807, 2.05) is 11.9 Å². The number of carbonyl (C=O) groups excluding carboxylic acids is 1. The molecule has 1 amide bonds. The molecule has 1 N–H and O–H groups in total. The molecule has 2 rings (SSSR count). The summed E-state index contributed by atoms with van der Waals surface area (Å²) < 4.78 is 0. The molecule has 3 nitrogen and oxygen atoms in total. The van der Waals surface area contributed by atoms with Crippen molar-refractivity contribution in [3.63, 3.8) is 0 Å². The predicted molar refractivity (Wildman–Crippen MR) is 66.5 cm³/mol. The first kappa shape index (κ1) is 11.6. The van der Waals surface area contributed by atoms with Crippen LogP contribution in [0.15, 0.2) is 17.5 Å². The third-order valence-corrected chi connectivity index (χ3v) is 4.20. The smallest absolute Gasteiger partial charge is 0.240 e. The van der Waals surface area contributed by atoms with Gasteiger partial charge in [0, 0.05) is 11.4 Å². The molecule has 2 unspecified atom stereocenters. The normalized spacial score (nSPS) is 22.8. The number of nitrogens with one attached hydrogen (secondary N) is 1. The zero-order valence-corrected chi connectivity index (χ0v) is 10.6. The molecule has 1 aromatic rings. The van der Waals surface area contributed by atoms with Crippen LogP contribution < -0.4 is 5.32 Å². The molecule has 0 radical (unpaired) electrons. The molecule has 1 aliphatic rings. The topological polar surface area (TPSA) is 32.3 Å². The lowest BCUT2D eigenvalue weighted by molar-refractivity contribution is -0.131. The molecule has 2 atom stereocenters. The van der Waals surface area contributed by atoms with Crippen LogP contribution in [0.5, 0.6) is 0 Å². The Hall–Kier alpha value is -0.870. The van der Waals surface area contributed by atoms with Crippen molar-refractivity contribution in [2.45, 2.75) is 31.8 Å². The van der Waals surface area contributed by atoms with E-state index < -0.39 is 0 Å². The Kier molecular flexibility index (Phi) is 3.61. The highest BCUT2D eigenvalue weighted by Gasteiger charge is 2.35. The fourth-order valence-corrected chi connectivity index (χ4v) is 3.26. The second-order valence-corrected chi connectivity index (χ2v) is 5.08. The fraction of sp³-hybridized carbons (Fsp3) is 0.583. The molecule has 0 spiro atoms. The zero-order valence-electron chi connectivity index (χ0n) is 9.77. The van der Waals surface area contributed by atoms with Crippen molar-refractivity contribution in [1.29, 1.82) is 0 Å². The average Bonchev–Trinajstić information content (AvgIpc) is 2.91. The molecule has 88 valence electrons. The highest BCUT2D eigenvalue weighted by Crippen LogP contribution is 2.31. The molecule has 0 aliphatic carbocycles.